The first-order valence-electron chi connectivity index (χ1n) is 6.68. The molecule has 0 saturated carbocycles. The molecule has 1 aliphatic heterocycles. The van der Waals surface area contributed by atoms with Gasteiger partial charge in [-0.15, -0.1) is 0 Å². The fourth-order valence-electron chi connectivity index (χ4n) is 2.26. The van der Waals surface area contributed by atoms with E-state index in [1.807, 2.05) is 6.92 Å². The maximum absolute atomic E-state index is 13.2. The minimum absolute atomic E-state index is 0.190. The Morgan fingerprint density at radius 1 is 1.50 bits per heavy atom. The van der Waals surface area contributed by atoms with Crippen molar-refractivity contribution in [2.75, 3.05) is 26.2 Å². The maximum atomic E-state index is 13.2. The van der Waals surface area contributed by atoms with Crippen molar-refractivity contribution in [3.8, 4) is 0 Å². The number of amides is 2. The van der Waals surface area contributed by atoms with Crippen molar-refractivity contribution in [1.82, 2.24) is 15.5 Å². The Kier molecular flexibility index (Phi) is 4.68. The summed E-state index contributed by atoms with van der Waals surface area (Å²) in [6.45, 7) is 3.80. The number of nitrogens with one attached hydrogen (secondary N) is 2. The highest BCUT2D eigenvalue weighted by Crippen LogP contribution is 2.12. The van der Waals surface area contributed by atoms with Crippen molar-refractivity contribution in [1.29, 1.82) is 0 Å². The van der Waals surface area contributed by atoms with Crippen LogP contribution in [0.1, 0.15) is 17.3 Å². The van der Waals surface area contributed by atoms with E-state index in [9.17, 15) is 14.0 Å². The summed E-state index contributed by atoms with van der Waals surface area (Å²) in [6, 6.07) is 4.97. The van der Waals surface area contributed by atoms with Gasteiger partial charge < -0.3 is 15.5 Å². The number of carbonyl (C=O) groups is 2. The summed E-state index contributed by atoms with van der Waals surface area (Å²) in [5.74, 6) is -0.966. The Balaban J connectivity index is 2.19. The average molecular weight is 279 g/mol. The highest BCUT2D eigenvalue weighted by Gasteiger charge is 2.32. The lowest BCUT2D eigenvalue weighted by Crippen LogP contribution is -2.59. The first kappa shape index (κ1) is 14.5. The zero-order valence-electron chi connectivity index (χ0n) is 11.4. The molecular weight excluding hydrogens is 261 g/mol. The smallest absolute Gasteiger partial charge is 0.254 e. The number of hydrogen-bond acceptors (Lipinski definition) is 3. The minimum Gasteiger partial charge on any atom is -0.355 e. The molecule has 5 nitrogen and oxygen atoms in total. The monoisotopic (exact) mass is 279 g/mol. The molecule has 1 saturated heterocycles. The van der Waals surface area contributed by atoms with Crippen LogP contribution in [-0.4, -0.2) is 48.9 Å². The third-order valence-corrected chi connectivity index (χ3v) is 3.23. The fraction of sp³-hybridized carbons (Fsp3) is 0.429. The Bertz CT molecular complexity index is 507. The zero-order chi connectivity index (χ0) is 14.5. The molecule has 2 N–H and O–H groups in total. The van der Waals surface area contributed by atoms with Crippen LogP contribution in [0.15, 0.2) is 24.3 Å². The maximum Gasteiger partial charge on any atom is 0.254 e. The van der Waals surface area contributed by atoms with Crippen LogP contribution in [0.3, 0.4) is 0 Å². The van der Waals surface area contributed by atoms with Crippen molar-refractivity contribution in [3.63, 3.8) is 0 Å². The Morgan fingerprint density at radius 3 is 3.00 bits per heavy atom. The van der Waals surface area contributed by atoms with Gasteiger partial charge in [0.1, 0.15) is 11.9 Å². The topological polar surface area (TPSA) is 61.4 Å². The predicted molar refractivity (Wildman–Crippen MR) is 72.8 cm³/mol. The van der Waals surface area contributed by atoms with Crippen LogP contribution in [0.25, 0.3) is 0 Å². The molecule has 1 fully saturated rings. The third-order valence-electron chi connectivity index (χ3n) is 3.23. The molecule has 0 aromatic heterocycles. The van der Waals surface area contributed by atoms with E-state index in [0.717, 1.165) is 0 Å². The van der Waals surface area contributed by atoms with Crippen LogP contribution < -0.4 is 10.6 Å². The normalized spacial score (nSPS) is 18.7. The van der Waals surface area contributed by atoms with E-state index >= 15 is 0 Å². The summed E-state index contributed by atoms with van der Waals surface area (Å²) >= 11 is 0. The predicted octanol–water partition coefficient (Wildman–Crippen LogP) is 0.376. The van der Waals surface area contributed by atoms with Gasteiger partial charge in [-0.05, 0) is 25.1 Å². The lowest BCUT2D eigenvalue weighted by atomic mass is 10.1. The van der Waals surface area contributed by atoms with Gasteiger partial charge in [-0.1, -0.05) is 6.07 Å². The largest absolute Gasteiger partial charge is 0.355 e. The molecule has 108 valence electrons. The van der Waals surface area contributed by atoms with Crippen LogP contribution in [0.4, 0.5) is 4.39 Å². The average Bonchev–Trinajstić information content (AvgIpc) is 2.47. The van der Waals surface area contributed by atoms with Crippen molar-refractivity contribution in [2.24, 2.45) is 0 Å². The lowest BCUT2D eigenvalue weighted by molar-refractivity contribution is -0.126. The van der Waals surface area contributed by atoms with E-state index in [0.29, 0.717) is 26.2 Å². The summed E-state index contributed by atoms with van der Waals surface area (Å²) in [6.07, 6.45) is 0. The molecule has 2 rings (SSSR count). The molecule has 1 unspecified atom stereocenters. The van der Waals surface area contributed by atoms with Gasteiger partial charge in [0.2, 0.25) is 5.91 Å². The number of carbonyl (C=O) groups excluding carboxylic acids is 2. The second-order valence-electron chi connectivity index (χ2n) is 4.62. The minimum atomic E-state index is -0.556. The summed E-state index contributed by atoms with van der Waals surface area (Å²) in [7, 11) is 0. The number of halogens is 1. The highest BCUT2D eigenvalue weighted by atomic mass is 19.1. The van der Waals surface area contributed by atoms with Gasteiger partial charge in [0.05, 0.1) is 0 Å². The molecule has 1 heterocycles. The molecule has 2 amide bonds. The molecule has 0 spiro atoms. The molecule has 0 aliphatic carbocycles. The fourth-order valence-corrected chi connectivity index (χ4v) is 2.26. The number of piperazine rings is 1. The molecule has 1 aromatic carbocycles. The van der Waals surface area contributed by atoms with Crippen LogP contribution in [-0.2, 0) is 4.79 Å². The van der Waals surface area contributed by atoms with Gasteiger partial charge in [0, 0.05) is 31.7 Å². The molecule has 1 aliphatic rings. The van der Waals surface area contributed by atoms with Gasteiger partial charge in [-0.25, -0.2) is 4.39 Å². The van der Waals surface area contributed by atoms with Crippen molar-refractivity contribution in [3.05, 3.63) is 35.6 Å². The van der Waals surface area contributed by atoms with Gasteiger partial charge in [-0.2, -0.15) is 0 Å². The number of rotatable bonds is 3. The number of benzene rings is 1. The standard InChI is InChI=1S/C14H18FN3O2/c1-2-17-13(19)12-9-16-6-7-18(12)14(20)10-4-3-5-11(15)8-10/h3-5,8,12,16H,2,6-7,9H2,1H3,(H,17,19). The molecule has 0 radical (unpaired) electrons. The molecular formula is C14H18FN3O2. The lowest BCUT2D eigenvalue weighted by Gasteiger charge is -2.35. The Morgan fingerprint density at radius 2 is 2.30 bits per heavy atom. The van der Waals surface area contributed by atoms with E-state index < -0.39 is 11.9 Å². The van der Waals surface area contributed by atoms with Gasteiger partial charge >= 0.3 is 0 Å². The first-order chi connectivity index (χ1) is 9.63. The van der Waals surface area contributed by atoms with Gasteiger partial charge in [-0.3, -0.25) is 9.59 Å². The first-order valence-corrected chi connectivity index (χ1v) is 6.68. The second kappa shape index (κ2) is 6.47. The van der Waals surface area contributed by atoms with E-state index in [1.54, 1.807) is 6.07 Å². The van der Waals surface area contributed by atoms with E-state index in [2.05, 4.69) is 10.6 Å². The summed E-state index contributed by atoms with van der Waals surface area (Å²) in [5.41, 5.74) is 0.265. The molecule has 6 heteroatoms. The van der Waals surface area contributed by atoms with Crippen molar-refractivity contribution < 1.29 is 14.0 Å². The van der Waals surface area contributed by atoms with Crippen LogP contribution in [0.5, 0.6) is 0 Å². The van der Waals surface area contributed by atoms with Gasteiger partial charge in [0.15, 0.2) is 0 Å². The van der Waals surface area contributed by atoms with Gasteiger partial charge in [0.25, 0.3) is 5.91 Å². The molecule has 0 bridgehead atoms. The SMILES string of the molecule is CCNC(=O)C1CNCCN1C(=O)c1cccc(F)c1. The quantitative estimate of drug-likeness (QED) is 0.840. The third kappa shape index (κ3) is 3.14. The zero-order valence-corrected chi connectivity index (χ0v) is 11.4. The van der Waals surface area contributed by atoms with Crippen LogP contribution in [0, 0.1) is 5.82 Å². The summed E-state index contributed by atoms with van der Waals surface area (Å²) < 4.78 is 13.2. The van der Waals surface area contributed by atoms with E-state index in [-0.39, 0.29) is 17.4 Å². The van der Waals surface area contributed by atoms with E-state index in [1.165, 1.54) is 23.1 Å². The molecule has 1 aromatic rings. The van der Waals surface area contributed by atoms with Crippen LogP contribution in [0.2, 0.25) is 0 Å². The highest BCUT2D eigenvalue weighted by molar-refractivity contribution is 5.97. The van der Waals surface area contributed by atoms with Crippen LogP contribution >= 0.6 is 0 Å². The van der Waals surface area contributed by atoms with Crippen molar-refractivity contribution in [2.45, 2.75) is 13.0 Å². The Labute approximate surface area is 117 Å². The number of hydrogen-bond donors (Lipinski definition) is 2. The molecule has 1 atom stereocenters. The second-order valence-corrected chi connectivity index (χ2v) is 4.62. The number of likely N-dealkylation sites (N-methyl/N-ethyl adjacent to an activating group) is 1. The summed E-state index contributed by atoms with van der Waals surface area (Å²) in [5, 5.41) is 5.81. The van der Waals surface area contributed by atoms with E-state index in [4.69, 9.17) is 0 Å². The van der Waals surface area contributed by atoms with Crippen molar-refractivity contribution >= 4 is 11.8 Å². The number of nitrogens with zero attached hydrogens (tertiary/aromatic N) is 1. The summed E-state index contributed by atoms with van der Waals surface area (Å²) in [4.78, 5) is 25.9. The molecule has 20 heavy (non-hydrogen) atoms. The Hall–Kier alpha value is -1.95.